The van der Waals surface area contributed by atoms with Crippen LogP contribution in [0.25, 0.3) is 10.9 Å². The highest BCUT2D eigenvalue weighted by Gasteiger charge is 2.15. The van der Waals surface area contributed by atoms with Gasteiger partial charge in [0.05, 0.1) is 0 Å². The number of nitrogens with one attached hydrogen (secondary N) is 2. The highest BCUT2D eigenvalue weighted by molar-refractivity contribution is 5.83. The normalized spacial score (nSPS) is 11.4. The summed E-state index contributed by atoms with van der Waals surface area (Å²) in [5.41, 5.74) is 1.97. The number of rotatable bonds is 6. The molecular formula is C18H24N2O3. The van der Waals surface area contributed by atoms with Crippen molar-refractivity contribution in [3.8, 4) is 0 Å². The van der Waals surface area contributed by atoms with Gasteiger partial charge in [0.15, 0.2) is 6.61 Å². The number of aryl methyl sites for hydroxylation is 1. The third-order valence-corrected chi connectivity index (χ3v) is 3.38. The minimum atomic E-state index is -0.339. The van der Waals surface area contributed by atoms with Crippen LogP contribution in [0, 0.1) is 0 Å². The largest absolute Gasteiger partial charge is 0.456 e. The number of fused-ring (bicyclic) bond motifs is 1. The second-order valence-electron chi connectivity index (χ2n) is 6.67. The molecule has 1 aromatic heterocycles. The van der Waals surface area contributed by atoms with Crippen molar-refractivity contribution in [2.75, 3.05) is 6.61 Å². The minimum absolute atomic E-state index is 0.219. The summed E-state index contributed by atoms with van der Waals surface area (Å²) in [6.07, 6.45) is 3.78. The molecule has 0 unspecified atom stereocenters. The summed E-state index contributed by atoms with van der Waals surface area (Å²) in [4.78, 5) is 26.5. The number of hydrogen-bond acceptors (Lipinski definition) is 3. The lowest BCUT2D eigenvalue weighted by Crippen LogP contribution is -2.42. The van der Waals surface area contributed by atoms with Crippen LogP contribution in [0.3, 0.4) is 0 Å². The van der Waals surface area contributed by atoms with Crippen molar-refractivity contribution in [2.24, 2.45) is 0 Å². The van der Waals surface area contributed by atoms with E-state index in [1.807, 2.05) is 45.2 Å². The van der Waals surface area contributed by atoms with Crippen LogP contribution in [0.2, 0.25) is 0 Å². The fourth-order valence-electron chi connectivity index (χ4n) is 2.43. The Morgan fingerprint density at radius 1 is 1.22 bits per heavy atom. The number of carbonyl (C=O) groups is 2. The number of carbonyl (C=O) groups excluding carboxylic acids is 2. The summed E-state index contributed by atoms with van der Waals surface area (Å²) < 4.78 is 5.00. The molecule has 23 heavy (non-hydrogen) atoms. The molecule has 1 aromatic carbocycles. The Morgan fingerprint density at radius 3 is 2.70 bits per heavy atom. The summed E-state index contributed by atoms with van der Waals surface area (Å²) in [6, 6.07) is 8.08. The number of hydrogen-bond donors (Lipinski definition) is 2. The molecule has 2 aromatic rings. The Hall–Kier alpha value is -2.30. The molecule has 1 amide bonds. The molecular weight excluding hydrogens is 292 g/mol. The monoisotopic (exact) mass is 316 g/mol. The first-order chi connectivity index (χ1) is 10.8. The van der Waals surface area contributed by atoms with Gasteiger partial charge in [0.25, 0.3) is 5.91 Å². The molecule has 2 rings (SSSR count). The van der Waals surface area contributed by atoms with E-state index in [0.717, 1.165) is 11.9 Å². The van der Waals surface area contributed by atoms with Gasteiger partial charge in [0.2, 0.25) is 0 Å². The summed E-state index contributed by atoms with van der Waals surface area (Å²) in [7, 11) is 0. The lowest BCUT2D eigenvalue weighted by molar-refractivity contribution is -0.149. The molecule has 0 saturated heterocycles. The van der Waals surface area contributed by atoms with Gasteiger partial charge >= 0.3 is 5.97 Å². The number of aromatic amines is 1. The van der Waals surface area contributed by atoms with E-state index in [1.54, 1.807) is 0 Å². The molecule has 0 bridgehead atoms. The Morgan fingerprint density at radius 2 is 1.96 bits per heavy atom. The highest BCUT2D eigenvalue weighted by Crippen LogP contribution is 2.19. The number of esters is 1. The highest BCUT2D eigenvalue weighted by atomic mass is 16.5. The molecule has 5 nitrogen and oxygen atoms in total. The van der Waals surface area contributed by atoms with Crippen LogP contribution < -0.4 is 5.32 Å². The molecule has 0 radical (unpaired) electrons. The van der Waals surface area contributed by atoms with Crippen molar-refractivity contribution < 1.29 is 14.3 Å². The maximum absolute atomic E-state index is 11.7. The summed E-state index contributed by atoms with van der Waals surface area (Å²) in [6.45, 7) is 5.43. The van der Waals surface area contributed by atoms with Crippen molar-refractivity contribution in [3.05, 3.63) is 36.0 Å². The van der Waals surface area contributed by atoms with Crippen molar-refractivity contribution in [3.63, 3.8) is 0 Å². The number of para-hydroxylation sites is 1. The van der Waals surface area contributed by atoms with E-state index in [9.17, 15) is 9.59 Å². The van der Waals surface area contributed by atoms with E-state index >= 15 is 0 Å². The number of H-pyrrole nitrogens is 1. The Kier molecular flexibility index (Phi) is 5.42. The van der Waals surface area contributed by atoms with Crippen molar-refractivity contribution in [1.29, 1.82) is 0 Å². The predicted octanol–water partition coefficient (Wildman–Crippen LogP) is 2.95. The molecule has 0 saturated carbocycles. The molecule has 2 N–H and O–H groups in total. The van der Waals surface area contributed by atoms with Crippen molar-refractivity contribution in [1.82, 2.24) is 10.3 Å². The van der Waals surface area contributed by atoms with E-state index < -0.39 is 0 Å². The summed E-state index contributed by atoms with van der Waals surface area (Å²) in [5, 5.41) is 3.94. The number of aromatic nitrogens is 1. The van der Waals surface area contributed by atoms with E-state index in [1.165, 1.54) is 10.9 Å². The maximum Gasteiger partial charge on any atom is 0.306 e. The second kappa shape index (κ2) is 7.31. The van der Waals surface area contributed by atoms with Gasteiger partial charge in [0.1, 0.15) is 0 Å². The van der Waals surface area contributed by atoms with Gasteiger partial charge in [-0.15, -0.1) is 0 Å². The van der Waals surface area contributed by atoms with Gasteiger partial charge in [-0.2, -0.15) is 0 Å². The minimum Gasteiger partial charge on any atom is -0.456 e. The lowest BCUT2D eigenvalue weighted by Gasteiger charge is -2.20. The first-order valence-electron chi connectivity index (χ1n) is 7.87. The third-order valence-electron chi connectivity index (χ3n) is 3.38. The van der Waals surface area contributed by atoms with Gasteiger partial charge in [-0.1, -0.05) is 18.2 Å². The van der Waals surface area contributed by atoms with Crippen LogP contribution in [0.1, 0.15) is 39.2 Å². The fraction of sp³-hybridized carbons (Fsp3) is 0.444. The van der Waals surface area contributed by atoms with Gasteiger partial charge in [0, 0.05) is 29.1 Å². The average Bonchev–Trinajstić information content (AvgIpc) is 2.87. The van der Waals surface area contributed by atoms with Gasteiger partial charge < -0.3 is 15.0 Å². The van der Waals surface area contributed by atoms with E-state index in [4.69, 9.17) is 4.74 Å². The quantitative estimate of drug-likeness (QED) is 0.805. The van der Waals surface area contributed by atoms with Crippen LogP contribution in [-0.2, 0) is 20.7 Å². The molecule has 0 aliphatic carbocycles. The Bertz CT molecular complexity index is 683. The fourth-order valence-corrected chi connectivity index (χ4v) is 2.43. The van der Waals surface area contributed by atoms with Gasteiger partial charge in [-0.3, -0.25) is 9.59 Å². The van der Waals surface area contributed by atoms with Crippen molar-refractivity contribution >= 4 is 22.8 Å². The molecule has 0 spiro atoms. The second-order valence-corrected chi connectivity index (χ2v) is 6.67. The summed E-state index contributed by atoms with van der Waals surface area (Å²) in [5.74, 6) is -0.614. The Balaban J connectivity index is 1.72. The van der Waals surface area contributed by atoms with Crippen LogP contribution in [0.4, 0.5) is 0 Å². The third kappa shape index (κ3) is 5.43. The molecule has 0 aliphatic rings. The summed E-state index contributed by atoms with van der Waals surface area (Å²) >= 11 is 0. The smallest absolute Gasteiger partial charge is 0.306 e. The van der Waals surface area contributed by atoms with Crippen LogP contribution in [0.15, 0.2) is 30.5 Å². The topological polar surface area (TPSA) is 71.2 Å². The van der Waals surface area contributed by atoms with Gasteiger partial charge in [-0.25, -0.2) is 0 Å². The average molecular weight is 316 g/mol. The molecule has 5 heteroatoms. The SMILES string of the molecule is CC(C)(C)NC(=O)COC(=O)CCCc1c[nH]c2ccccc12. The molecule has 1 heterocycles. The maximum atomic E-state index is 11.7. The number of benzene rings is 1. The predicted molar refractivity (Wildman–Crippen MR) is 90.1 cm³/mol. The van der Waals surface area contributed by atoms with Crippen LogP contribution in [0.5, 0.6) is 0 Å². The standard InChI is InChI=1S/C18H24N2O3/c1-18(2,3)20-16(21)12-23-17(22)10-6-7-13-11-19-15-9-5-4-8-14(13)15/h4-5,8-9,11,19H,6-7,10,12H2,1-3H3,(H,20,21). The van der Waals surface area contributed by atoms with E-state index in [-0.39, 0.29) is 24.0 Å². The zero-order valence-corrected chi connectivity index (χ0v) is 13.9. The van der Waals surface area contributed by atoms with E-state index in [2.05, 4.69) is 16.4 Å². The Labute approximate surface area is 136 Å². The number of ether oxygens (including phenoxy) is 1. The first-order valence-corrected chi connectivity index (χ1v) is 7.87. The molecule has 0 aliphatic heterocycles. The number of amides is 1. The van der Waals surface area contributed by atoms with Crippen molar-refractivity contribution in [2.45, 2.75) is 45.6 Å². The zero-order valence-electron chi connectivity index (χ0n) is 13.9. The van der Waals surface area contributed by atoms with E-state index in [0.29, 0.717) is 12.8 Å². The first kappa shape index (κ1) is 17.1. The zero-order chi connectivity index (χ0) is 16.9. The lowest BCUT2D eigenvalue weighted by atomic mass is 10.1. The van der Waals surface area contributed by atoms with Crippen LogP contribution in [-0.4, -0.2) is 29.0 Å². The van der Waals surface area contributed by atoms with Gasteiger partial charge in [-0.05, 0) is 45.2 Å². The van der Waals surface area contributed by atoms with Crippen LogP contribution >= 0.6 is 0 Å². The molecule has 0 atom stereocenters. The molecule has 0 fully saturated rings. The molecule has 124 valence electrons.